The summed E-state index contributed by atoms with van der Waals surface area (Å²) in [6.07, 6.45) is 2.24. The zero-order valence-electron chi connectivity index (χ0n) is 10.3. The first-order chi connectivity index (χ1) is 9.08. The molecule has 1 heterocycles. The molecule has 0 saturated heterocycles. The van der Waals surface area contributed by atoms with E-state index < -0.39 is 17.5 Å². The van der Waals surface area contributed by atoms with E-state index in [0.717, 1.165) is 18.0 Å². The molecule has 1 N–H and O–H groups in total. The lowest BCUT2D eigenvalue weighted by molar-refractivity contribution is 0.444. The van der Waals surface area contributed by atoms with Gasteiger partial charge in [0.2, 0.25) is 0 Å². The van der Waals surface area contributed by atoms with E-state index in [1.807, 2.05) is 7.05 Å². The van der Waals surface area contributed by atoms with Gasteiger partial charge in [-0.25, -0.2) is 13.2 Å². The monoisotopic (exact) mass is 270 g/mol. The molecular formula is C12H13F3N4. The third-order valence-electron chi connectivity index (χ3n) is 2.70. The van der Waals surface area contributed by atoms with Gasteiger partial charge in [-0.2, -0.15) is 0 Å². The summed E-state index contributed by atoms with van der Waals surface area (Å²) in [4.78, 5) is 0. The average Bonchev–Trinajstić information content (AvgIpc) is 2.77. The Labute approximate surface area is 108 Å². The molecule has 1 aromatic carbocycles. The highest BCUT2D eigenvalue weighted by molar-refractivity contribution is 5.19. The van der Waals surface area contributed by atoms with Crippen molar-refractivity contribution in [2.45, 2.75) is 13.0 Å². The first-order valence-electron chi connectivity index (χ1n) is 5.75. The van der Waals surface area contributed by atoms with Crippen molar-refractivity contribution < 1.29 is 13.2 Å². The van der Waals surface area contributed by atoms with Gasteiger partial charge < -0.3 is 9.88 Å². The molecule has 0 atom stereocenters. The minimum atomic E-state index is -1.44. The van der Waals surface area contributed by atoms with E-state index in [-0.39, 0.29) is 6.54 Å². The molecule has 0 aliphatic rings. The Bertz CT molecular complexity index is 545. The Morgan fingerprint density at radius 3 is 2.47 bits per heavy atom. The lowest BCUT2D eigenvalue weighted by atomic mass is 10.2. The topological polar surface area (TPSA) is 42.7 Å². The van der Waals surface area contributed by atoms with E-state index in [1.165, 1.54) is 0 Å². The van der Waals surface area contributed by atoms with Crippen molar-refractivity contribution in [1.29, 1.82) is 0 Å². The van der Waals surface area contributed by atoms with Crippen LogP contribution in [-0.4, -0.2) is 21.3 Å². The van der Waals surface area contributed by atoms with Crippen molar-refractivity contribution >= 4 is 0 Å². The summed E-state index contributed by atoms with van der Waals surface area (Å²) in [6, 6.07) is 1.96. The van der Waals surface area contributed by atoms with Crippen LogP contribution in [0.1, 0.15) is 11.4 Å². The first-order valence-corrected chi connectivity index (χ1v) is 5.75. The second-order valence-corrected chi connectivity index (χ2v) is 4.16. The van der Waals surface area contributed by atoms with Crippen LogP contribution in [0.15, 0.2) is 18.5 Å². The molecule has 0 bridgehead atoms. The SMILES string of the molecule is Cn1cnnc1CCNCc1cc(F)c(F)c(F)c1. The number of nitrogens with one attached hydrogen (secondary N) is 1. The molecule has 1 aromatic heterocycles. The fourth-order valence-electron chi connectivity index (χ4n) is 1.68. The zero-order chi connectivity index (χ0) is 13.8. The van der Waals surface area contributed by atoms with E-state index >= 15 is 0 Å². The molecular weight excluding hydrogens is 257 g/mol. The highest BCUT2D eigenvalue weighted by Crippen LogP contribution is 2.13. The smallest absolute Gasteiger partial charge is 0.194 e. The predicted octanol–water partition coefficient (Wildman–Crippen LogP) is 1.56. The van der Waals surface area contributed by atoms with Crippen LogP contribution in [0.5, 0.6) is 0 Å². The highest BCUT2D eigenvalue weighted by Gasteiger charge is 2.10. The Balaban J connectivity index is 1.85. The largest absolute Gasteiger partial charge is 0.321 e. The zero-order valence-corrected chi connectivity index (χ0v) is 10.3. The molecule has 0 radical (unpaired) electrons. The lowest BCUT2D eigenvalue weighted by Crippen LogP contribution is -2.18. The quantitative estimate of drug-likeness (QED) is 0.662. The predicted molar refractivity (Wildman–Crippen MR) is 62.7 cm³/mol. The molecule has 0 amide bonds. The van der Waals surface area contributed by atoms with Crippen molar-refractivity contribution in [2.75, 3.05) is 6.54 Å². The average molecular weight is 270 g/mol. The molecule has 4 nitrogen and oxygen atoms in total. The van der Waals surface area contributed by atoms with Gasteiger partial charge in [0.25, 0.3) is 0 Å². The summed E-state index contributed by atoms with van der Waals surface area (Å²) < 4.78 is 40.5. The summed E-state index contributed by atoms with van der Waals surface area (Å²) in [6.45, 7) is 0.832. The van der Waals surface area contributed by atoms with Crippen LogP contribution >= 0.6 is 0 Å². The molecule has 0 fully saturated rings. The molecule has 0 aliphatic heterocycles. The van der Waals surface area contributed by atoms with Crippen molar-refractivity contribution in [3.63, 3.8) is 0 Å². The van der Waals surface area contributed by atoms with Gasteiger partial charge in [-0.05, 0) is 17.7 Å². The maximum Gasteiger partial charge on any atom is 0.194 e. The Kier molecular flexibility index (Phi) is 4.16. The Morgan fingerprint density at radius 1 is 1.21 bits per heavy atom. The minimum absolute atomic E-state index is 0.256. The van der Waals surface area contributed by atoms with Crippen LogP contribution < -0.4 is 5.32 Å². The fraction of sp³-hybridized carbons (Fsp3) is 0.333. The summed E-state index contributed by atoms with van der Waals surface area (Å²) >= 11 is 0. The number of aryl methyl sites for hydroxylation is 1. The van der Waals surface area contributed by atoms with Crippen molar-refractivity contribution in [1.82, 2.24) is 20.1 Å². The second-order valence-electron chi connectivity index (χ2n) is 4.16. The standard InChI is InChI=1S/C12H13F3N4/c1-19-7-17-18-11(19)2-3-16-6-8-4-9(13)12(15)10(14)5-8/h4-5,7,16H,2-3,6H2,1H3. The molecule has 7 heteroatoms. The van der Waals surface area contributed by atoms with Gasteiger partial charge in [0.15, 0.2) is 17.5 Å². The number of hydrogen-bond donors (Lipinski definition) is 1. The second kappa shape index (κ2) is 5.83. The van der Waals surface area contributed by atoms with E-state index in [9.17, 15) is 13.2 Å². The van der Waals surface area contributed by atoms with Crippen molar-refractivity contribution in [3.8, 4) is 0 Å². The molecule has 2 rings (SSSR count). The van der Waals surface area contributed by atoms with Gasteiger partial charge in [-0.3, -0.25) is 0 Å². The van der Waals surface area contributed by atoms with Crippen LogP contribution in [0.2, 0.25) is 0 Å². The molecule has 0 unspecified atom stereocenters. The van der Waals surface area contributed by atoms with Gasteiger partial charge in [0.05, 0.1) is 0 Å². The van der Waals surface area contributed by atoms with Crippen LogP contribution in [0.25, 0.3) is 0 Å². The third kappa shape index (κ3) is 3.31. The first kappa shape index (κ1) is 13.5. The van der Waals surface area contributed by atoms with E-state index in [4.69, 9.17) is 0 Å². The normalized spacial score (nSPS) is 10.9. The highest BCUT2D eigenvalue weighted by atomic mass is 19.2. The number of aromatic nitrogens is 3. The van der Waals surface area contributed by atoms with E-state index in [0.29, 0.717) is 18.5 Å². The van der Waals surface area contributed by atoms with Gasteiger partial charge in [-0.1, -0.05) is 0 Å². The number of rotatable bonds is 5. The summed E-state index contributed by atoms with van der Waals surface area (Å²) in [5.74, 6) is -2.98. The van der Waals surface area contributed by atoms with E-state index in [2.05, 4.69) is 15.5 Å². The lowest BCUT2D eigenvalue weighted by Gasteiger charge is -2.06. The maximum atomic E-state index is 13.0. The molecule has 2 aromatic rings. The molecule has 0 aliphatic carbocycles. The Hall–Kier alpha value is -1.89. The van der Waals surface area contributed by atoms with E-state index in [1.54, 1.807) is 10.9 Å². The summed E-state index contributed by atoms with van der Waals surface area (Å²) in [5.41, 5.74) is 0.356. The van der Waals surface area contributed by atoms with Crippen molar-refractivity contribution in [3.05, 3.63) is 47.3 Å². The van der Waals surface area contributed by atoms with Gasteiger partial charge in [0.1, 0.15) is 12.2 Å². The van der Waals surface area contributed by atoms with Crippen LogP contribution in [0.4, 0.5) is 13.2 Å². The van der Waals surface area contributed by atoms with Crippen LogP contribution in [0, 0.1) is 17.5 Å². The Morgan fingerprint density at radius 2 is 1.89 bits per heavy atom. The minimum Gasteiger partial charge on any atom is -0.321 e. The summed E-state index contributed by atoms with van der Waals surface area (Å²) in [7, 11) is 1.83. The van der Waals surface area contributed by atoms with Crippen LogP contribution in [-0.2, 0) is 20.0 Å². The number of benzene rings is 1. The van der Waals surface area contributed by atoms with Gasteiger partial charge in [0, 0.05) is 26.6 Å². The maximum absolute atomic E-state index is 13.0. The number of nitrogens with zero attached hydrogens (tertiary/aromatic N) is 3. The van der Waals surface area contributed by atoms with Crippen LogP contribution in [0.3, 0.4) is 0 Å². The molecule has 0 saturated carbocycles. The van der Waals surface area contributed by atoms with Crippen molar-refractivity contribution in [2.24, 2.45) is 7.05 Å². The number of halogens is 3. The third-order valence-corrected chi connectivity index (χ3v) is 2.70. The number of hydrogen-bond acceptors (Lipinski definition) is 3. The van der Waals surface area contributed by atoms with Gasteiger partial charge >= 0.3 is 0 Å². The summed E-state index contributed by atoms with van der Waals surface area (Å²) in [5, 5.41) is 10.6. The molecule has 102 valence electrons. The van der Waals surface area contributed by atoms with Gasteiger partial charge in [-0.15, -0.1) is 10.2 Å². The molecule has 0 spiro atoms. The fourth-order valence-corrected chi connectivity index (χ4v) is 1.68. The molecule has 19 heavy (non-hydrogen) atoms.